The van der Waals surface area contributed by atoms with Gasteiger partial charge in [0.15, 0.2) is 11.0 Å². The molecule has 4 rings (SSSR count). The molecule has 12 heteroatoms. The summed E-state index contributed by atoms with van der Waals surface area (Å²) in [7, 11) is -1.40. The number of aryl methyl sites for hydroxylation is 2. The van der Waals surface area contributed by atoms with E-state index in [0.29, 0.717) is 32.6 Å². The average molecular weight is 503 g/mol. The zero-order valence-corrected chi connectivity index (χ0v) is 20.2. The van der Waals surface area contributed by atoms with Gasteiger partial charge in [-0.3, -0.25) is 14.3 Å². The lowest BCUT2D eigenvalue weighted by Gasteiger charge is -2.10. The SMILES string of the molecule is CC1=NN(C(=O)c2ccc(Cl)cc2)C(=O)C1N.Cc1nc(NS(=O)c2ccc(N)cc2)oc1C. The minimum absolute atomic E-state index is 0.259. The number of carbonyl (C=O) groups is 2. The van der Waals surface area contributed by atoms with E-state index in [-0.39, 0.29) is 6.01 Å². The molecule has 0 bridgehead atoms. The number of amides is 2. The molecule has 0 aliphatic carbocycles. The van der Waals surface area contributed by atoms with Gasteiger partial charge in [-0.25, -0.2) is 4.21 Å². The first-order chi connectivity index (χ1) is 16.1. The number of imide groups is 1. The molecule has 3 aromatic rings. The first-order valence-corrected chi connectivity index (χ1v) is 11.5. The highest BCUT2D eigenvalue weighted by molar-refractivity contribution is 7.86. The van der Waals surface area contributed by atoms with Crippen LogP contribution in [0.1, 0.15) is 28.7 Å². The Kier molecular flexibility index (Phi) is 7.82. The van der Waals surface area contributed by atoms with E-state index in [2.05, 4.69) is 14.8 Å². The summed E-state index contributed by atoms with van der Waals surface area (Å²) in [5.41, 5.74) is 13.3. The minimum Gasteiger partial charge on any atom is -0.428 e. The third kappa shape index (κ3) is 5.87. The largest absolute Gasteiger partial charge is 0.428 e. The Labute approximate surface area is 203 Å². The second kappa shape index (κ2) is 10.6. The van der Waals surface area contributed by atoms with Crippen LogP contribution in [0.4, 0.5) is 11.7 Å². The fourth-order valence-electron chi connectivity index (χ4n) is 2.69. The summed E-state index contributed by atoms with van der Waals surface area (Å²) in [6.07, 6.45) is 0. The van der Waals surface area contributed by atoms with Gasteiger partial charge in [-0.15, -0.1) is 0 Å². The highest BCUT2D eigenvalue weighted by Gasteiger charge is 2.35. The number of aromatic nitrogens is 1. The van der Waals surface area contributed by atoms with E-state index in [1.54, 1.807) is 50.2 Å². The van der Waals surface area contributed by atoms with Crippen molar-refractivity contribution >= 4 is 51.8 Å². The molecule has 178 valence electrons. The van der Waals surface area contributed by atoms with Gasteiger partial charge in [0.25, 0.3) is 11.8 Å². The van der Waals surface area contributed by atoms with Crippen molar-refractivity contribution in [1.82, 2.24) is 9.99 Å². The van der Waals surface area contributed by atoms with Crippen LogP contribution in [0.25, 0.3) is 0 Å². The molecule has 0 saturated carbocycles. The predicted octanol–water partition coefficient (Wildman–Crippen LogP) is 3.03. The van der Waals surface area contributed by atoms with E-state index in [4.69, 9.17) is 27.5 Å². The fourth-order valence-corrected chi connectivity index (χ4v) is 3.56. The van der Waals surface area contributed by atoms with Crippen molar-refractivity contribution in [3.8, 4) is 0 Å². The molecule has 2 aromatic carbocycles. The Morgan fingerprint density at radius 3 is 2.24 bits per heavy atom. The summed E-state index contributed by atoms with van der Waals surface area (Å²) in [5, 5.41) is 5.16. The summed E-state index contributed by atoms with van der Waals surface area (Å²) in [5.74, 6) is -0.303. The van der Waals surface area contributed by atoms with E-state index >= 15 is 0 Å². The second-order valence-electron chi connectivity index (χ2n) is 7.28. The molecule has 0 radical (unpaired) electrons. The van der Waals surface area contributed by atoms with Gasteiger partial charge in [0.1, 0.15) is 11.8 Å². The predicted molar refractivity (Wildman–Crippen MR) is 131 cm³/mol. The first kappa shape index (κ1) is 25.1. The molecule has 1 aliphatic heterocycles. The van der Waals surface area contributed by atoms with E-state index in [1.165, 1.54) is 12.1 Å². The van der Waals surface area contributed by atoms with Crippen LogP contribution in [0, 0.1) is 13.8 Å². The number of carbonyl (C=O) groups excluding carboxylic acids is 2. The van der Waals surface area contributed by atoms with Crippen molar-refractivity contribution in [2.45, 2.75) is 31.7 Å². The number of hydrogen-bond acceptors (Lipinski definition) is 8. The number of hydrogen-bond donors (Lipinski definition) is 3. The van der Waals surface area contributed by atoms with Crippen molar-refractivity contribution in [1.29, 1.82) is 0 Å². The van der Waals surface area contributed by atoms with Crippen LogP contribution in [-0.4, -0.2) is 37.8 Å². The Bertz CT molecular complexity index is 1240. The molecule has 1 aliphatic rings. The van der Waals surface area contributed by atoms with Crippen LogP contribution in [0.3, 0.4) is 0 Å². The molecule has 1 aromatic heterocycles. The van der Waals surface area contributed by atoms with Crippen LogP contribution in [0.5, 0.6) is 0 Å². The monoisotopic (exact) mass is 502 g/mol. The number of hydrazone groups is 1. The highest BCUT2D eigenvalue weighted by atomic mass is 35.5. The van der Waals surface area contributed by atoms with Crippen LogP contribution in [0.2, 0.25) is 5.02 Å². The van der Waals surface area contributed by atoms with Gasteiger partial charge in [-0.2, -0.15) is 15.1 Å². The van der Waals surface area contributed by atoms with Crippen LogP contribution in [0.15, 0.2) is 62.9 Å². The summed E-state index contributed by atoms with van der Waals surface area (Å²) in [6.45, 7) is 5.24. The molecule has 0 fully saturated rings. The lowest BCUT2D eigenvalue weighted by molar-refractivity contribution is -0.127. The minimum atomic E-state index is -1.40. The van der Waals surface area contributed by atoms with Gasteiger partial charge in [0.2, 0.25) is 0 Å². The number of nitrogens with zero attached hydrogens (tertiary/aromatic N) is 3. The Balaban J connectivity index is 0.000000191. The van der Waals surface area contributed by atoms with Gasteiger partial charge in [-0.1, -0.05) is 11.6 Å². The standard InChI is InChI=1S/C11H10ClN3O2.C11H13N3O2S/c1-6-9(13)11(17)15(14-6)10(16)7-2-4-8(12)5-3-7;1-7-8(2)16-11(13-7)14-17(15)10-5-3-9(12)4-6-10/h2-5,9H,13H2,1H3;3-6H,12H2,1-2H3,(H,13,14). The maximum Gasteiger partial charge on any atom is 0.307 e. The summed E-state index contributed by atoms with van der Waals surface area (Å²) in [4.78, 5) is 28.3. The zero-order valence-electron chi connectivity index (χ0n) is 18.6. The zero-order chi connectivity index (χ0) is 25.0. The van der Waals surface area contributed by atoms with Gasteiger partial charge >= 0.3 is 6.01 Å². The van der Waals surface area contributed by atoms with Crippen molar-refractivity contribution in [2.75, 3.05) is 10.5 Å². The summed E-state index contributed by atoms with van der Waals surface area (Å²) >= 11 is 5.71. The molecule has 2 heterocycles. The van der Waals surface area contributed by atoms with Crippen molar-refractivity contribution in [3.05, 3.63) is 70.6 Å². The third-order valence-electron chi connectivity index (χ3n) is 4.77. The second-order valence-corrected chi connectivity index (χ2v) is 8.93. The molecular formula is C22H23ClN6O4S. The normalized spacial score (nSPS) is 15.9. The summed E-state index contributed by atoms with van der Waals surface area (Å²) < 4.78 is 19.9. The Morgan fingerprint density at radius 1 is 1.12 bits per heavy atom. The van der Waals surface area contributed by atoms with Crippen molar-refractivity contribution in [2.24, 2.45) is 10.8 Å². The quantitative estimate of drug-likeness (QED) is 0.365. The van der Waals surface area contributed by atoms with Gasteiger partial charge in [-0.05, 0) is 69.3 Å². The Morgan fingerprint density at radius 2 is 1.74 bits per heavy atom. The highest BCUT2D eigenvalue weighted by Crippen LogP contribution is 2.17. The summed E-state index contributed by atoms with van der Waals surface area (Å²) in [6, 6.07) is 12.4. The smallest absolute Gasteiger partial charge is 0.307 e. The number of nitrogen functional groups attached to an aromatic ring is 1. The fraction of sp³-hybridized carbons (Fsp3) is 0.182. The molecule has 5 N–H and O–H groups in total. The number of rotatable bonds is 4. The lowest BCUT2D eigenvalue weighted by atomic mass is 10.2. The number of oxazole rings is 1. The number of halogens is 1. The van der Waals surface area contributed by atoms with E-state index in [1.807, 2.05) is 6.92 Å². The van der Waals surface area contributed by atoms with Gasteiger partial charge in [0, 0.05) is 16.3 Å². The van der Waals surface area contributed by atoms with Crippen LogP contribution >= 0.6 is 11.6 Å². The number of nitrogens with two attached hydrogens (primary N) is 2. The first-order valence-electron chi connectivity index (χ1n) is 9.99. The van der Waals surface area contributed by atoms with Crippen molar-refractivity contribution in [3.63, 3.8) is 0 Å². The number of nitrogens with one attached hydrogen (secondary N) is 1. The maximum atomic E-state index is 12.0. The van der Waals surface area contributed by atoms with Gasteiger partial charge < -0.3 is 15.9 Å². The molecule has 0 spiro atoms. The van der Waals surface area contributed by atoms with Crippen molar-refractivity contribution < 1.29 is 18.2 Å². The topological polar surface area (TPSA) is 157 Å². The number of anilines is 2. The Hall–Kier alpha value is -3.54. The molecule has 0 saturated heterocycles. The molecule has 2 atom stereocenters. The molecular weight excluding hydrogens is 480 g/mol. The van der Waals surface area contributed by atoms with E-state index < -0.39 is 28.8 Å². The third-order valence-corrected chi connectivity index (χ3v) is 6.08. The van der Waals surface area contributed by atoms with E-state index in [9.17, 15) is 13.8 Å². The molecule has 2 amide bonds. The molecule has 34 heavy (non-hydrogen) atoms. The van der Waals surface area contributed by atoms with Gasteiger partial charge in [0.05, 0.1) is 16.3 Å². The molecule has 10 nitrogen and oxygen atoms in total. The van der Waals surface area contributed by atoms with Crippen LogP contribution < -0.4 is 16.2 Å². The number of benzene rings is 2. The molecule has 2 unspecified atom stereocenters. The van der Waals surface area contributed by atoms with E-state index in [0.717, 1.165) is 10.7 Å². The lowest BCUT2D eigenvalue weighted by Crippen LogP contribution is -2.40. The average Bonchev–Trinajstić information content (AvgIpc) is 3.26. The van der Waals surface area contributed by atoms with Crippen LogP contribution in [-0.2, 0) is 15.8 Å². The maximum absolute atomic E-state index is 12.0.